The molecule has 3 aromatic rings. The molecule has 6 heteroatoms. The highest BCUT2D eigenvalue weighted by Gasteiger charge is 2.12. The number of hydrogen-bond acceptors (Lipinski definition) is 3. The van der Waals surface area contributed by atoms with Gasteiger partial charge in [0.25, 0.3) is 5.91 Å². The number of benzene rings is 1. The van der Waals surface area contributed by atoms with Crippen LogP contribution in [0.1, 0.15) is 16.1 Å². The lowest BCUT2D eigenvalue weighted by atomic mass is 10.2. The van der Waals surface area contributed by atoms with E-state index in [1.807, 2.05) is 0 Å². The molecule has 3 rings (SSSR count). The SMILES string of the molecule is O=C(NCc1ccc(F)cc1)c1cn2cccc(O)c2n1. The highest BCUT2D eigenvalue weighted by Crippen LogP contribution is 2.16. The third-order valence-corrected chi connectivity index (χ3v) is 3.06. The maximum Gasteiger partial charge on any atom is 0.271 e. The van der Waals surface area contributed by atoms with Crippen LogP contribution in [-0.4, -0.2) is 20.4 Å². The van der Waals surface area contributed by atoms with E-state index in [0.29, 0.717) is 5.65 Å². The van der Waals surface area contributed by atoms with Crippen LogP contribution in [0.3, 0.4) is 0 Å². The molecule has 1 aromatic carbocycles. The molecule has 0 radical (unpaired) electrons. The maximum atomic E-state index is 12.8. The Morgan fingerprint density at radius 2 is 2.05 bits per heavy atom. The summed E-state index contributed by atoms with van der Waals surface area (Å²) in [5.41, 5.74) is 1.32. The van der Waals surface area contributed by atoms with Crippen LogP contribution in [0.25, 0.3) is 5.65 Å². The summed E-state index contributed by atoms with van der Waals surface area (Å²) in [6.07, 6.45) is 3.23. The molecule has 0 aliphatic rings. The van der Waals surface area contributed by atoms with Crippen LogP contribution in [0.15, 0.2) is 48.8 Å². The molecule has 1 amide bonds. The zero-order chi connectivity index (χ0) is 14.8. The molecule has 2 aromatic heterocycles. The molecule has 0 aliphatic heterocycles. The number of nitrogens with zero attached hydrogens (tertiary/aromatic N) is 2. The zero-order valence-corrected chi connectivity index (χ0v) is 11.0. The first-order valence-electron chi connectivity index (χ1n) is 6.33. The van der Waals surface area contributed by atoms with Crippen LogP contribution in [-0.2, 0) is 6.54 Å². The second-order valence-electron chi connectivity index (χ2n) is 4.56. The first-order chi connectivity index (χ1) is 10.1. The van der Waals surface area contributed by atoms with Gasteiger partial charge in [-0.1, -0.05) is 12.1 Å². The van der Waals surface area contributed by atoms with Crippen LogP contribution in [0.5, 0.6) is 5.75 Å². The molecule has 0 aliphatic carbocycles. The van der Waals surface area contributed by atoms with Gasteiger partial charge in [0.2, 0.25) is 0 Å². The average molecular weight is 285 g/mol. The third-order valence-electron chi connectivity index (χ3n) is 3.06. The Labute approximate surface area is 119 Å². The van der Waals surface area contributed by atoms with Gasteiger partial charge in [0.15, 0.2) is 11.4 Å². The number of nitrogens with one attached hydrogen (secondary N) is 1. The Bertz CT molecular complexity index is 796. The van der Waals surface area contributed by atoms with Crippen LogP contribution in [0.4, 0.5) is 4.39 Å². The summed E-state index contributed by atoms with van der Waals surface area (Å²) in [6.45, 7) is 0.277. The summed E-state index contributed by atoms with van der Waals surface area (Å²) in [6, 6.07) is 9.04. The lowest BCUT2D eigenvalue weighted by Gasteiger charge is -2.03. The fourth-order valence-electron chi connectivity index (χ4n) is 1.98. The minimum Gasteiger partial charge on any atom is -0.504 e. The molecular weight excluding hydrogens is 273 g/mol. The van der Waals surface area contributed by atoms with E-state index in [1.165, 1.54) is 24.4 Å². The normalized spacial score (nSPS) is 10.7. The fourth-order valence-corrected chi connectivity index (χ4v) is 1.98. The summed E-state index contributed by atoms with van der Waals surface area (Å²) < 4.78 is 14.4. The van der Waals surface area contributed by atoms with Crippen molar-refractivity contribution in [3.8, 4) is 5.75 Å². The lowest BCUT2D eigenvalue weighted by molar-refractivity contribution is 0.0946. The molecule has 2 heterocycles. The van der Waals surface area contributed by atoms with Crippen molar-refractivity contribution in [2.75, 3.05) is 0 Å². The van der Waals surface area contributed by atoms with Crippen LogP contribution in [0.2, 0.25) is 0 Å². The lowest BCUT2D eigenvalue weighted by Crippen LogP contribution is -2.23. The highest BCUT2D eigenvalue weighted by molar-refractivity contribution is 5.93. The van der Waals surface area contributed by atoms with Crippen molar-refractivity contribution in [2.45, 2.75) is 6.54 Å². The number of pyridine rings is 1. The van der Waals surface area contributed by atoms with Crippen molar-refractivity contribution in [3.05, 3.63) is 65.9 Å². The summed E-state index contributed by atoms with van der Waals surface area (Å²) >= 11 is 0. The molecule has 0 spiro atoms. The Morgan fingerprint density at radius 3 is 2.76 bits per heavy atom. The maximum absolute atomic E-state index is 12.8. The average Bonchev–Trinajstić information content (AvgIpc) is 2.92. The summed E-state index contributed by atoms with van der Waals surface area (Å²) in [5.74, 6) is -0.668. The van der Waals surface area contributed by atoms with E-state index < -0.39 is 0 Å². The fraction of sp³-hybridized carbons (Fsp3) is 0.0667. The van der Waals surface area contributed by atoms with Crippen molar-refractivity contribution in [1.82, 2.24) is 14.7 Å². The highest BCUT2D eigenvalue weighted by atomic mass is 19.1. The van der Waals surface area contributed by atoms with Gasteiger partial charge in [-0.15, -0.1) is 0 Å². The van der Waals surface area contributed by atoms with E-state index in [-0.39, 0.29) is 29.7 Å². The number of aromatic hydroxyl groups is 1. The van der Waals surface area contributed by atoms with E-state index in [9.17, 15) is 14.3 Å². The molecule has 21 heavy (non-hydrogen) atoms. The number of hydrogen-bond donors (Lipinski definition) is 2. The molecule has 0 saturated carbocycles. The predicted octanol–water partition coefficient (Wildman–Crippen LogP) is 2.11. The zero-order valence-electron chi connectivity index (χ0n) is 11.0. The van der Waals surface area contributed by atoms with Crippen molar-refractivity contribution < 1.29 is 14.3 Å². The molecule has 0 unspecified atom stereocenters. The van der Waals surface area contributed by atoms with Crippen LogP contribution in [0, 0.1) is 5.82 Å². The standard InChI is InChI=1S/C15H12FN3O2/c16-11-5-3-10(4-6-11)8-17-15(21)12-9-19-7-1-2-13(20)14(19)18-12/h1-7,9,20H,8H2,(H,17,21). The molecule has 0 saturated heterocycles. The molecule has 106 valence electrons. The van der Waals surface area contributed by atoms with Gasteiger partial charge < -0.3 is 14.8 Å². The molecular formula is C15H12FN3O2. The Morgan fingerprint density at radius 1 is 1.29 bits per heavy atom. The number of imidazole rings is 1. The van der Waals surface area contributed by atoms with Crippen LogP contribution < -0.4 is 5.32 Å². The van der Waals surface area contributed by atoms with Gasteiger partial charge in [-0.3, -0.25) is 4.79 Å². The van der Waals surface area contributed by atoms with Crippen molar-refractivity contribution >= 4 is 11.6 Å². The molecule has 0 fully saturated rings. The largest absolute Gasteiger partial charge is 0.504 e. The quantitative estimate of drug-likeness (QED) is 0.774. The number of fused-ring (bicyclic) bond motifs is 1. The number of aromatic nitrogens is 2. The Balaban J connectivity index is 1.75. The molecule has 0 atom stereocenters. The molecule has 5 nitrogen and oxygen atoms in total. The summed E-state index contributed by atoms with van der Waals surface area (Å²) in [7, 11) is 0. The van der Waals surface area contributed by atoms with Crippen molar-refractivity contribution in [2.24, 2.45) is 0 Å². The minimum absolute atomic E-state index is 0.00934. The van der Waals surface area contributed by atoms with Gasteiger partial charge in [-0.25, -0.2) is 9.37 Å². The molecule has 0 bridgehead atoms. The number of carbonyl (C=O) groups is 1. The van der Waals surface area contributed by atoms with Crippen molar-refractivity contribution in [3.63, 3.8) is 0 Å². The number of rotatable bonds is 3. The van der Waals surface area contributed by atoms with E-state index in [1.54, 1.807) is 28.8 Å². The van der Waals surface area contributed by atoms with Crippen molar-refractivity contribution in [1.29, 1.82) is 0 Å². The minimum atomic E-state index is -0.359. The monoisotopic (exact) mass is 285 g/mol. The number of halogens is 1. The van der Waals surface area contributed by atoms with Gasteiger partial charge in [0.05, 0.1) is 0 Å². The summed E-state index contributed by atoms with van der Waals surface area (Å²) in [5, 5.41) is 12.3. The number of amides is 1. The summed E-state index contributed by atoms with van der Waals surface area (Å²) in [4.78, 5) is 16.1. The second-order valence-corrected chi connectivity index (χ2v) is 4.56. The van der Waals surface area contributed by atoms with Crippen LogP contribution >= 0.6 is 0 Å². The van der Waals surface area contributed by atoms with Gasteiger partial charge in [0.1, 0.15) is 11.5 Å². The number of carbonyl (C=O) groups excluding carboxylic acids is 1. The third kappa shape index (κ3) is 2.69. The molecule has 2 N–H and O–H groups in total. The Hall–Kier alpha value is -2.89. The van der Waals surface area contributed by atoms with E-state index in [4.69, 9.17) is 0 Å². The Kier molecular flexibility index (Phi) is 3.27. The van der Waals surface area contributed by atoms with E-state index >= 15 is 0 Å². The van der Waals surface area contributed by atoms with E-state index in [0.717, 1.165) is 5.56 Å². The first-order valence-corrected chi connectivity index (χ1v) is 6.33. The van der Waals surface area contributed by atoms with Gasteiger partial charge in [-0.2, -0.15) is 0 Å². The van der Waals surface area contributed by atoms with Gasteiger partial charge in [-0.05, 0) is 29.8 Å². The second kappa shape index (κ2) is 5.24. The topological polar surface area (TPSA) is 66.6 Å². The van der Waals surface area contributed by atoms with Gasteiger partial charge in [0, 0.05) is 18.9 Å². The predicted molar refractivity (Wildman–Crippen MR) is 74.4 cm³/mol. The smallest absolute Gasteiger partial charge is 0.271 e. The first kappa shape index (κ1) is 13.1. The van der Waals surface area contributed by atoms with Gasteiger partial charge >= 0.3 is 0 Å². The van der Waals surface area contributed by atoms with E-state index in [2.05, 4.69) is 10.3 Å².